The highest BCUT2D eigenvalue weighted by Crippen LogP contribution is 2.41. The van der Waals surface area contributed by atoms with E-state index in [-0.39, 0.29) is 11.7 Å². The lowest BCUT2D eigenvalue weighted by Gasteiger charge is -2.16. The fourth-order valence-corrected chi connectivity index (χ4v) is 2.71. The number of Topliss-reactive ketones (excluding diaryl/α,β-unsaturated/α-hetero) is 1. The quantitative estimate of drug-likeness (QED) is 0.774. The second-order valence-corrected chi connectivity index (χ2v) is 6.02. The van der Waals surface area contributed by atoms with Crippen LogP contribution in [0.25, 0.3) is 5.57 Å². The molecule has 1 aliphatic rings. The van der Waals surface area contributed by atoms with Crippen LogP contribution in [0.2, 0.25) is 0 Å². The predicted octanol–water partition coefficient (Wildman–Crippen LogP) is 4.21. The van der Waals surface area contributed by atoms with E-state index in [0.29, 0.717) is 0 Å². The first-order valence-corrected chi connectivity index (χ1v) is 6.95. The van der Waals surface area contributed by atoms with Crippen LogP contribution in [0.1, 0.15) is 47.1 Å². The standard InChI is InChI=1S/C17H22O3/c1-10(2)16(12(4)18)11(3)13-7-8-14-15(9-13)20-17(5,6)19-14/h7-10H,1-6H3. The molecular formula is C17H22O3. The minimum Gasteiger partial charge on any atom is -0.449 e. The minimum atomic E-state index is -0.625. The van der Waals surface area contributed by atoms with Crippen LogP contribution in [0, 0.1) is 5.92 Å². The maximum Gasteiger partial charge on any atom is 0.246 e. The van der Waals surface area contributed by atoms with Gasteiger partial charge in [0.25, 0.3) is 0 Å². The van der Waals surface area contributed by atoms with E-state index in [0.717, 1.165) is 28.2 Å². The van der Waals surface area contributed by atoms with Crippen LogP contribution in [0.5, 0.6) is 11.5 Å². The normalized spacial score (nSPS) is 17.1. The molecule has 20 heavy (non-hydrogen) atoms. The number of ketones is 1. The van der Waals surface area contributed by atoms with Crippen molar-refractivity contribution in [3.05, 3.63) is 29.3 Å². The van der Waals surface area contributed by atoms with Gasteiger partial charge in [-0.25, -0.2) is 0 Å². The second-order valence-electron chi connectivity index (χ2n) is 6.02. The number of rotatable bonds is 3. The fourth-order valence-electron chi connectivity index (χ4n) is 2.71. The van der Waals surface area contributed by atoms with E-state index in [9.17, 15) is 4.79 Å². The van der Waals surface area contributed by atoms with E-state index in [4.69, 9.17) is 9.47 Å². The van der Waals surface area contributed by atoms with E-state index in [2.05, 4.69) is 0 Å². The summed E-state index contributed by atoms with van der Waals surface area (Å²) < 4.78 is 11.4. The van der Waals surface area contributed by atoms with Crippen molar-refractivity contribution in [2.45, 2.75) is 47.3 Å². The molecule has 0 atom stereocenters. The van der Waals surface area contributed by atoms with Crippen LogP contribution < -0.4 is 9.47 Å². The molecule has 1 aromatic carbocycles. The van der Waals surface area contributed by atoms with Gasteiger partial charge in [-0.15, -0.1) is 0 Å². The molecule has 3 heteroatoms. The van der Waals surface area contributed by atoms with Crippen molar-refractivity contribution in [3.63, 3.8) is 0 Å². The third kappa shape index (κ3) is 2.72. The number of carbonyl (C=O) groups is 1. The average Bonchev–Trinajstić information content (AvgIpc) is 2.60. The van der Waals surface area contributed by atoms with Crippen molar-refractivity contribution in [1.82, 2.24) is 0 Å². The zero-order valence-electron chi connectivity index (χ0n) is 13.0. The first-order valence-electron chi connectivity index (χ1n) is 6.95. The molecule has 0 aromatic heterocycles. The molecule has 0 amide bonds. The number of hydrogen-bond acceptors (Lipinski definition) is 3. The van der Waals surface area contributed by atoms with Gasteiger partial charge in [0.1, 0.15) is 0 Å². The van der Waals surface area contributed by atoms with Gasteiger partial charge in [-0.1, -0.05) is 19.9 Å². The van der Waals surface area contributed by atoms with Gasteiger partial charge in [0.05, 0.1) is 0 Å². The summed E-state index contributed by atoms with van der Waals surface area (Å²) >= 11 is 0. The van der Waals surface area contributed by atoms with Crippen molar-refractivity contribution in [2.24, 2.45) is 5.92 Å². The van der Waals surface area contributed by atoms with Crippen LogP contribution in [-0.2, 0) is 4.79 Å². The van der Waals surface area contributed by atoms with Gasteiger partial charge in [0.15, 0.2) is 17.3 Å². The number of benzene rings is 1. The van der Waals surface area contributed by atoms with Crippen molar-refractivity contribution >= 4 is 11.4 Å². The SMILES string of the molecule is CC(=O)C(=C(C)c1ccc2c(c1)OC(C)(C)O2)C(C)C. The molecular weight excluding hydrogens is 252 g/mol. The topological polar surface area (TPSA) is 35.5 Å². The Bertz CT molecular complexity index is 580. The maximum atomic E-state index is 11.8. The first kappa shape index (κ1) is 14.6. The van der Waals surface area contributed by atoms with Gasteiger partial charge in [-0.05, 0) is 43.0 Å². The van der Waals surface area contributed by atoms with Crippen LogP contribution in [0.4, 0.5) is 0 Å². The Morgan fingerprint density at radius 1 is 1.10 bits per heavy atom. The molecule has 0 bridgehead atoms. The van der Waals surface area contributed by atoms with Crippen molar-refractivity contribution in [1.29, 1.82) is 0 Å². The molecule has 0 N–H and O–H groups in total. The highest BCUT2D eigenvalue weighted by atomic mass is 16.7. The van der Waals surface area contributed by atoms with Crippen molar-refractivity contribution in [2.75, 3.05) is 0 Å². The molecule has 3 nitrogen and oxygen atoms in total. The predicted molar refractivity (Wildman–Crippen MR) is 79.9 cm³/mol. The number of ether oxygens (including phenoxy) is 2. The first-order chi connectivity index (χ1) is 9.21. The third-order valence-corrected chi connectivity index (χ3v) is 3.45. The number of fused-ring (bicyclic) bond motifs is 1. The Kier molecular flexibility index (Phi) is 3.63. The maximum absolute atomic E-state index is 11.8. The lowest BCUT2D eigenvalue weighted by atomic mass is 9.91. The largest absolute Gasteiger partial charge is 0.449 e. The van der Waals surface area contributed by atoms with Gasteiger partial charge < -0.3 is 9.47 Å². The molecule has 0 saturated carbocycles. The molecule has 1 heterocycles. The second kappa shape index (κ2) is 4.97. The Balaban J connectivity index is 2.46. The summed E-state index contributed by atoms with van der Waals surface area (Å²) in [4.78, 5) is 11.8. The molecule has 1 aliphatic heterocycles. The average molecular weight is 274 g/mol. The Morgan fingerprint density at radius 3 is 2.25 bits per heavy atom. The summed E-state index contributed by atoms with van der Waals surface area (Å²) in [6.45, 7) is 11.4. The van der Waals surface area contributed by atoms with Crippen LogP contribution >= 0.6 is 0 Å². The van der Waals surface area contributed by atoms with E-state index in [1.807, 2.05) is 52.8 Å². The Morgan fingerprint density at radius 2 is 1.70 bits per heavy atom. The molecule has 2 rings (SSSR count). The summed E-state index contributed by atoms with van der Waals surface area (Å²) in [5, 5.41) is 0. The summed E-state index contributed by atoms with van der Waals surface area (Å²) in [5.74, 6) is 1.18. The van der Waals surface area contributed by atoms with Gasteiger partial charge in [0, 0.05) is 19.4 Å². The minimum absolute atomic E-state index is 0.121. The third-order valence-electron chi connectivity index (χ3n) is 3.45. The van der Waals surface area contributed by atoms with Gasteiger partial charge >= 0.3 is 0 Å². The van der Waals surface area contributed by atoms with Gasteiger partial charge in [-0.3, -0.25) is 4.79 Å². The number of hydrogen-bond donors (Lipinski definition) is 0. The highest BCUT2D eigenvalue weighted by molar-refractivity contribution is 6.01. The number of carbonyl (C=O) groups excluding carboxylic acids is 1. The van der Waals surface area contributed by atoms with E-state index in [1.165, 1.54) is 0 Å². The molecule has 108 valence electrons. The van der Waals surface area contributed by atoms with Crippen LogP contribution in [0.15, 0.2) is 23.8 Å². The molecule has 1 aromatic rings. The van der Waals surface area contributed by atoms with Crippen LogP contribution in [-0.4, -0.2) is 11.6 Å². The number of allylic oxidation sites excluding steroid dienone is 2. The molecule has 0 aliphatic carbocycles. The zero-order valence-corrected chi connectivity index (χ0v) is 13.0. The molecule has 0 radical (unpaired) electrons. The van der Waals surface area contributed by atoms with Crippen LogP contribution in [0.3, 0.4) is 0 Å². The van der Waals surface area contributed by atoms with E-state index < -0.39 is 5.79 Å². The molecule has 0 fully saturated rings. The van der Waals surface area contributed by atoms with Crippen molar-refractivity contribution in [3.8, 4) is 11.5 Å². The lowest BCUT2D eigenvalue weighted by molar-refractivity contribution is -0.114. The van der Waals surface area contributed by atoms with Crippen molar-refractivity contribution < 1.29 is 14.3 Å². The fraction of sp³-hybridized carbons (Fsp3) is 0.471. The summed E-state index contributed by atoms with van der Waals surface area (Å²) in [7, 11) is 0. The zero-order chi connectivity index (χ0) is 15.1. The Labute approximate surface area is 120 Å². The monoisotopic (exact) mass is 274 g/mol. The molecule has 0 saturated heterocycles. The highest BCUT2D eigenvalue weighted by Gasteiger charge is 2.31. The smallest absolute Gasteiger partial charge is 0.246 e. The lowest BCUT2D eigenvalue weighted by Crippen LogP contribution is -2.29. The Hall–Kier alpha value is -1.77. The van der Waals surface area contributed by atoms with Gasteiger partial charge in [0.2, 0.25) is 5.79 Å². The molecule has 0 unspecified atom stereocenters. The van der Waals surface area contributed by atoms with Gasteiger partial charge in [-0.2, -0.15) is 0 Å². The van der Waals surface area contributed by atoms with E-state index in [1.54, 1.807) is 6.92 Å². The summed E-state index contributed by atoms with van der Waals surface area (Å²) in [5.41, 5.74) is 2.87. The van der Waals surface area contributed by atoms with E-state index >= 15 is 0 Å². The summed E-state index contributed by atoms with van der Waals surface area (Å²) in [6, 6.07) is 5.83. The summed E-state index contributed by atoms with van der Waals surface area (Å²) in [6.07, 6.45) is 0. The molecule has 0 spiro atoms.